The zero-order chi connectivity index (χ0) is 14.5. The number of nitrogen functional groups attached to an aromatic ring is 1. The van der Waals surface area contributed by atoms with Gasteiger partial charge < -0.3 is 20.5 Å². The molecule has 2 aliphatic heterocycles. The zero-order valence-corrected chi connectivity index (χ0v) is 11.0. The summed E-state index contributed by atoms with van der Waals surface area (Å²) in [5.74, 6) is 0.163. The second-order valence-corrected chi connectivity index (χ2v) is 5.80. The number of aromatic nitrogens is 2. The van der Waals surface area contributed by atoms with Gasteiger partial charge >= 0.3 is 7.82 Å². The predicted molar refractivity (Wildman–Crippen MR) is 63.1 cm³/mol. The summed E-state index contributed by atoms with van der Waals surface area (Å²) in [5.41, 5.74) is 5.27. The Morgan fingerprint density at radius 3 is 2.85 bits per heavy atom. The molecule has 0 saturated carbocycles. The number of nitrogens with zero attached hydrogens (tertiary/aromatic N) is 2. The molecule has 2 saturated heterocycles. The number of fused-ring (bicyclic) bond motifs is 1. The lowest BCUT2D eigenvalue weighted by molar-refractivity contribution is -0.0629. The van der Waals surface area contributed by atoms with E-state index in [9.17, 15) is 14.6 Å². The monoisotopic (exact) mass is 304 g/mol. The van der Waals surface area contributed by atoms with Crippen molar-refractivity contribution < 1.29 is 28.3 Å². The minimum absolute atomic E-state index is 0.163. The van der Waals surface area contributed by atoms with E-state index in [2.05, 4.69) is 4.98 Å². The summed E-state index contributed by atoms with van der Waals surface area (Å²) in [7, 11) is -4.16. The normalized spacial score (nSPS) is 39.9. The van der Waals surface area contributed by atoms with Gasteiger partial charge in [-0.1, -0.05) is 0 Å². The van der Waals surface area contributed by atoms with Crippen LogP contribution in [0.15, 0.2) is 12.3 Å². The maximum absolute atomic E-state index is 11.5. The van der Waals surface area contributed by atoms with E-state index in [1.54, 1.807) is 0 Å². The topological polar surface area (TPSA) is 153 Å². The maximum Gasteiger partial charge on any atom is 0.473 e. The highest BCUT2D eigenvalue weighted by Crippen LogP contribution is 2.58. The van der Waals surface area contributed by atoms with E-state index in [4.69, 9.17) is 24.9 Å². The van der Waals surface area contributed by atoms with E-state index in [0.29, 0.717) is 0 Å². The van der Waals surface area contributed by atoms with Gasteiger partial charge in [-0.05, 0) is 6.07 Å². The van der Waals surface area contributed by atoms with E-state index in [1.165, 1.54) is 16.8 Å². The molecule has 5 N–H and O–H groups in total. The van der Waals surface area contributed by atoms with Crippen LogP contribution < -0.4 is 11.4 Å². The molecule has 0 spiro atoms. The van der Waals surface area contributed by atoms with Gasteiger partial charge in [-0.2, -0.15) is 4.98 Å². The molecule has 0 aromatic carbocycles. The van der Waals surface area contributed by atoms with Crippen molar-refractivity contribution >= 4 is 13.6 Å². The molecular formula is C9H13N4O6P. The molecule has 5 atom stereocenters. The molecule has 0 bridgehead atoms. The first-order chi connectivity index (χ1) is 9.41. The fraction of sp³-hybridized carbons (Fsp3) is 0.556. The van der Waals surface area contributed by atoms with Gasteiger partial charge in [-0.25, -0.2) is 4.57 Å². The summed E-state index contributed by atoms with van der Waals surface area (Å²) in [6.07, 6.45) is -2.07. The van der Waals surface area contributed by atoms with Crippen LogP contribution in [0.25, 0.3) is 0 Å². The van der Waals surface area contributed by atoms with Crippen LogP contribution in [0.1, 0.15) is 6.23 Å². The molecule has 0 aliphatic carbocycles. The average molecular weight is 304 g/mol. The van der Waals surface area contributed by atoms with Gasteiger partial charge in [-0.3, -0.25) is 19.0 Å². The summed E-state index contributed by atoms with van der Waals surface area (Å²) in [5, 5.41) is 17.0. The van der Waals surface area contributed by atoms with Gasteiger partial charge in [0.25, 0.3) is 0 Å². The Hall–Kier alpha value is -1.29. The van der Waals surface area contributed by atoms with Crippen molar-refractivity contribution in [3.05, 3.63) is 17.9 Å². The fourth-order valence-electron chi connectivity index (χ4n) is 2.30. The van der Waals surface area contributed by atoms with E-state index in [-0.39, 0.29) is 11.4 Å². The number of anilines is 1. The molecule has 0 amide bonds. The number of phosphoric ester groups is 1. The van der Waals surface area contributed by atoms with Crippen LogP contribution in [0.2, 0.25) is 0 Å². The van der Waals surface area contributed by atoms with Crippen molar-refractivity contribution in [2.45, 2.75) is 24.5 Å². The third-order valence-electron chi connectivity index (χ3n) is 3.13. The number of nitrogens with two attached hydrogens (primary N) is 1. The molecule has 2 fully saturated rings. The largest absolute Gasteiger partial charge is 0.473 e. The number of aliphatic hydroxyl groups is 1. The fourth-order valence-corrected chi connectivity index (χ4v) is 3.45. The predicted octanol–water partition coefficient (Wildman–Crippen LogP) is -1.28. The number of nitrogens with one attached hydrogen (secondary N) is 1. The lowest BCUT2D eigenvalue weighted by Gasteiger charge is -2.19. The molecule has 1 aromatic heterocycles. The van der Waals surface area contributed by atoms with Crippen molar-refractivity contribution in [2.75, 3.05) is 12.3 Å². The van der Waals surface area contributed by atoms with Crippen LogP contribution in [0.3, 0.4) is 0 Å². The SMILES string of the molecule is N=c1nc(N)ccn1[C@@H]1O[C@H](CO)[C@H]2OP(=O)(O)O[C@H]21. The van der Waals surface area contributed by atoms with Crippen molar-refractivity contribution in [2.24, 2.45) is 0 Å². The number of phosphoric acid groups is 1. The molecule has 1 unspecified atom stereocenters. The highest BCUT2D eigenvalue weighted by molar-refractivity contribution is 7.47. The van der Waals surface area contributed by atoms with E-state index in [0.717, 1.165) is 0 Å². The second kappa shape index (κ2) is 4.62. The summed E-state index contributed by atoms with van der Waals surface area (Å²) in [4.78, 5) is 13.1. The highest BCUT2D eigenvalue weighted by atomic mass is 31.2. The van der Waals surface area contributed by atoms with E-state index >= 15 is 0 Å². The third kappa shape index (κ3) is 2.16. The molecule has 3 rings (SSSR count). The number of aliphatic hydroxyl groups excluding tert-OH is 1. The van der Waals surface area contributed by atoms with Gasteiger partial charge in [0.15, 0.2) is 6.23 Å². The standard InChI is InChI=1S/C9H13N4O6P/c10-5-1-2-13(9(11)12-5)8-7-6(4(3-14)17-8)18-20(15,16)19-7/h1-2,4,6-8,14H,3H2,(H,15,16)(H3,10,11,12)/t4-,6-,7-,8-/m1/s1. The molecule has 2 aliphatic rings. The highest BCUT2D eigenvalue weighted by Gasteiger charge is 2.57. The quantitative estimate of drug-likeness (QED) is 0.493. The van der Waals surface area contributed by atoms with Crippen LogP contribution in [0, 0.1) is 5.41 Å². The minimum atomic E-state index is -4.16. The minimum Gasteiger partial charge on any atom is -0.394 e. The van der Waals surface area contributed by atoms with Gasteiger partial charge in [0.1, 0.15) is 24.1 Å². The lowest BCUT2D eigenvalue weighted by atomic mass is 10.1. The summed E-state index contributed by atoms with van der Waals surface area (Å²) in [6, 6.07) is 1.46. The molecule has 11 heteroatoms. The Bertz CT molecular complexity index is 635. The molecule has 10 nitrogen and oxygen atoms in total. The Kier molecular flexibility index (Phi) is 3.16. The molecule has 20 heavy (non-hydrogen) atoms. The first kappa shape index (κ1) is 13.7. The molecule has 110 valence electrons. The van der Waals surface area contributed by atoms with Gasteiger partial charge in [0.05, 0.1) is 6.61 Å². The summed E-state index contributed by atoms with van der Waals surface area (Å²) >= 11 is 0. The first-order valence-corrected chi connectivity index (χ1v) is 7.26. The van der Waals surface area contributed by atoms with Crippen LogP contribution >= 0.6 is 7.82 Å². The molecular weight excluding hydrogens is 291 g/mol. The van der Waals surface area contributed by atoms with Crippen molar-refractivity contribution in [1.82, 2.24) is 9.55 Å². The van der Waals surface area contributed by atoms with E-state index in [1.807, 2.05) is 0 Å². The van der Waals surface area contributed by atoms with Crippen molar-refractivity contribution in [3.8, 4) is 0 Å². The van der Waals surface area contributed by atoms with Crippen molar-refractivity contribution in [1.29, 1.82) is 5.41 Å². The number of hydrogen-bond acceptors (Lipinski definition) is 8. The Balaban J connectivity index is 1.98. The third-order valence-corrected chi connectivity index (χ3v) is 4.15. The average Bonchev–Trinajstić information content (AvgIpc) is 2.83. The molecule has 3 heterocycles. The number of ether oxygens (including phenoxy) is 1. The van der Waals surface area contributed by atoms with Crippen molar-refractivity contribution in [3.63, 3.8) is 0 Å². The summed E-state index contributed by atoms with van der Waals surface area (Å²) in [6.45, 7) is -0.405. The second-order valence-electron chi connectivity index (χ2n) is 4.44. The number of rotatable bonds is 2. The van der Waals surface area contributed by atoms with Gasteiger partial charge in [-0.15, -0.1) is 0 Å². The summed E-state index contributed by atoms with van der Waals surface area (Å²) < 4.78 is 28.1. The van der Waals surface area contributed by atoms with Crippen LogP contribution in [0.5, 0.6) is 0 Å². The maximum atomic E-state index is 11.5. The van der Waals surface area contributed by atoms with Crippen LogP contribution in [0.4, 0.5) is 5.82 Å². The van der Waals surface area contributed by atoms with Crippen LogP contribution in [-0.2, 0) is 18.3 Å². The Morgan fingerprint density at radius 1 is 1.50 bits per heavy atom. The lowest BCUT2D eigenvalue weighted by Crippen LogP contribution is -2.34. The Morgan fingerprint density at radius 2 is 2.20 bits per heavy atom. The van der Waals surface area contributed by atoms with Gasteiger partial charge in [0, 0.05) is 6.20 Å². The number of hydrogen-bond donors (Lipinski definition) is 4. The van der Waals surface area contributed by atoms with E-state index < -0.39 is 39.0 Å². The van der Waals surface area contributed by atoms with Crippen LogP contribution in [-0.4, -0.2) is 44.5 Å². The smallest absolute Gasteiger partial charge is 0.394 e. The Labute approximate surface area is 112 Å². The molecule has 1 aromatic rings. The van der Waals surface area contributed by atoms with Gasteiger partial charge in [0.2, 0.25) is 5.62 Å². The first-order valence-electron chi connectivity index (χ1n) is 5.76. The molecule has 0 radical (unpaired) electrons. The zero-order valence-electron chi connectivity index (χ0n) is 10.1.